The number of amides is 2. The van der Waals surface area contributed by atoms with Gasteiger partial charge >= 0.3 is 0 Å². The van der Waals surface area contributed by atoms with Gasteiger partial charge in [-0.2, -0.15) is 0 Å². The highest BCUT2D eigenvalue weighted by molar-refractivity contribution is 7.98. The van der Waals surface area contributed by atoms with Gasteiger partial charge in [0.15, 0.2) is 0 Å². The molecular formula is C24H24N6O4S. The minimum atomic E-state index is -0.569. The summed E-state index contributed by atoms with van der Waals surface area (Å²) in [6.45, 7) is 2.54. The van der Waals surface area contributed by atoms with Crippen molar-refractivity contribution in [2.45, 2.75) is 11.3 Å². The van der Waals surface area contributed by atoms with Crippen LogP contribution in [-0.4, -0.2) is 64.0 Å². The van der Waals surface area contributed by atoms with Gasteiger partial charge in [-0.25, -0.2) is 9.97 Å². The molecule has 2 aromatic carbocycles. The molecule has 0 saturated carbocycles. The summed E-state index contributed by atoms with van der Waals surface area (Å²) in [5.74, 6) is 0.138. The van der Waals surface area contributed by atoms with Crippen LogP contribution in [0.2, 0.25) is 0 Å². The summed E-state index contributed by atoms with van der Waals surface area (Å²) in [5.41, 5.74) is 1.06. The van der Waals surface area contributed by atoms with Crippen LogP contribution in [0.15, 0.2) is 65.8 Å². The van der Waals surface area contributed by atoms with Crippen molar-refractivity contribution in [3.63, 3.8) is 0 Å². The number of aromatic nitrogens is 2. The average molecular weight is 493 g/mol. The second-order valence-electron chi connectivity index (χ2n) is 7.88. The topological polar surface area (TPSA) is 122 Å². The first-order chi connectivity index (χ1) is 16.9. The maximum Gasteiger partial charge on any atom is 0.282 e. The number of nitro benzene ring substituents is 1. The minimum absolute atomic E-state index is 0.00106. The van der Waals surface area contributed by atoms with E-state index in [-0.39, 0.29) is 23.6 Å². The number of nitrogens with one attached hydrogen (secondary N) is 1. The Hall–Kier alpha value is -3.99. The van der Waals surface area contributed by atoms with Crippen LogP contribution in [0.5, 0.6) is 0 Å². The normalized spacial score (nSPS) is 13.4. The van der Waals surface area contributed by atoms with Crippen molar-refractivity contribution < 1.29 is 14.5 Å². The molecule has 10 nitrogen and oxygen atoms in total. The van der Waals surface area contributed by atoms with Gasteiger partial charge in [-0.05, 0) is 42.2 Å². The Labute approximate surface area is 206 Å². The largest absolute Gasteiger partial charge is 0.339 e. The lowest BCUT2D eigenvalue weighted by Crippen LogP contribution is -2.49. The van der Waals surface area contributed by atoms with Gasteiger partial charge in [-0.1, -0.05) is 12.1 Å². The highest BCUT2D eigenvalue weighted by Crippen LogP contribution is 2.26. The van der Waals surface area contributed by atoms with Crippen molar-refractivity contribution in [1.82, 2.24) is 14.9 Å². The smallest absolute Gasteiger partial charge is 0.282 e. The molecular weight excluding hydrogens is 468 g/mol. The molecule has 35 heavy (non-hydrogen) atoms. The average Bonchev–Trinajstić information content (AvgIpc) is 2.90. The number of thioether (sulfide) groups is 1. The van der Waals surface area contributed by atoms with Crippen LogP contribution in [0.3, 0.4) is 0 Å². The number of rotatable bonds is 7. The fourth-order valence-corrected chi connectivity index (χ4v) is 4.22. The Morgan fingerprint density at radius 1 is 1.06 bits per heavy atom. The predicted molar refractivity (Wildman–Crippen MR) is 134 cm³/mol. The van der Waals surface area contributed by atoms with Crippen LogP contribution in [0.25, 0.3) is 0 Å². The van der Waals surface area contributed by atoms with E-state index in [2.05, 4.69) is 20.2 Å². The van der Waals surface area contributed by atoms with Crippen LogP contribution in [0.4, 0.5) is 17.3 Å². The Bertz CT molecular complexity index is 1210. The van der Waals surface area contributed by atoms with Gasteiger partial charge in [0.25, 0.3) is 11.6 Å². The van der Waals surface area contributed by atoms with E-state index in [0.717, 1.165) is 10.5 Å². The summed E-state index contributed by atoms with van der Waals surface area (Å²) in [4.78, 5) is 49.4. The molecule has 1 fully saturated rings. The lowest BCUT2D eigenvalue weighted by molar-refractivity contribution is -0.385. The molecule has 1 aliphatic heterocycles. The van der Waals surface area contributed by atoms with Crippen LogP contribution in [0, 0.1) is 10.1 Å². The van der Waals surface area contributed by atoms with Gasteiger partial charge in [0.2, 0.25) is 11.9 Å². The number of carbonyl (C=O) groups is 2. The molecule has 0 aliphatic carbocycles. The third kappa shape index (κ3) is 5.93. The van der Waals surface area contributed by atoms with E-state index in [1.807, 2.05) is 11.2 Å². The fraction of sp³-hybridized carbons (Fsp3) is 0.250. The zero-order valence-electron chi connectivity index (χ0n) is 19.1. The predicted octanol–water partition coefficient (Wildman–Crippen LogP) is 3.25. The molecule has 3 aromatic rings. The second-order valence-corrected chi connectivity index (χ2v) is 8.76. The molecule has 2 amide bonds. The molecule has 11 heteroatoms. The lowest BCUT2D eigenvalue weighted by atomic mass is 10.1. The van der Waals surface area contributed by atoms with Gasteiger partial charge in [-0.15, -0.1) is 11.8 Å². The maximum atomic E-state index is 12.8. The number of anilines is 2. The Morgan fingerprint density at radius 3 is 2.37 bits per heavy atom. The first-order valence-electron chi connectivity index (χ1n) is 11.0. The highest BCUT2D eigenvalue weighted by Gasteiger charge is 2.23. The summed E-state index contributed by atoms with van der Waals surface area (Å²) >= 11 is 1.40. The van der Waals surface area contributed by atoms with Crippen LogP contribution in [-0.2, 0) is 11.2 Å². The lowest BCUT2D eigenvalue weighted by Gasteiger charge is -2.34. The molecule has 1 N–H and O–H groups in total. The van der Waals surface area contributed by atoms with Crippen molar-refractivity contribution in [2.24, 2.45) is 0 Å². The molecule has 0 unspecified atom stereocenters. The van der Waals surface area contributed by atoms with Gasteiger partial charge in [0, 0.05) is 55.2 Å². The Balaban J connectivity index is 1.34. The third-order valence-electron chi connectivity index (χ3n) is 5.68. The van der Waals surface area contributed by atoms with Crippen LogP contribution >= 0.6 is 11.8 Å². The monoisotopic (exact) mass is 492 g/mol. The quantitative estimate of drug-likeness (QED) is 0.303. The fourth-order valence-electron chi connectivity index (χ4n) is 3.78. The third-order valence-corrected chi connectivity index (χ3v) is 6.40. The number of hydrogen-bond acceptors (Lipinski definition) is 8. The minimum Gasteiger partial charge on any atom is -0.339 e. The van der Waals surface area contributed by atoms with Crippen LogP contribution < -0.4 is 10.2 Å². The van der Waals surface area contributed by atoms with Gasteiger partial charge in [0.05, 0.1) is 11.3 Å². The molecule has 180 valence electrons. The zero-order valence-corrected chi connectivity index (χ0v) is 19.9. The first kappa shape index (κ1) is 24.1. The highest BCUT2D eigenvalue weighted by atomic mass is 32.2. The molecule has 1 aliphatic rings. The molecule has 0 atom stereocenters. The van der Waals surface area contributed by atoms with E-state index in [9.17, 15) is 19.7 Å². The van der Waals surface area contributed by atoms with E-state index in [1.54, 1.807) is 48.8 Å². The summed E-state index contributed by atoms with van der Waals surface area (Å²) < 4.78 is 0. The van der Waals surface area contributed by atoms with E-state index in [0.29, 0.717) is 37.8 Å². The number of hydrogen-bond donors (Lipinski definition) is 1. The number of nitro groups is 1. The van der Waals surface area contributed by atoms with Gasteiger partial charge in [0.1, 0.15) is 5.56 Å². The molecule has 0 spiro atoms. The molecule has 1 saturated heterocycles. The van der Waals surface area contributed by atoms with Crippen molar-refractivity contribution in [1.29, 1.82) is 0 Å². The van der Waals surface area contributed by atoms with Crippen molar-refractivity contribution >= 4 is 40.9 Å². The number of nitrogens with zero attached hydrogens (tertiary/aromatic N) is 5. The standard InChI is InChI=1S/C24H24N6O4S/c1-35-19-7-8-21(30(33)34)20(16-19)23(32)27-18-5-3-17(4-6-18)15-22(31)28-11-13-29(14-12-28)24-25-9-2-10-26-24/h2-10,16H,11-15H2,1H3,(H,27,32). The van der Waals surface area contributed by atoms with E-state index >= 15 is 0 Å². The van der Waals surface area contributed by atoms with E-state index in [4.69, 9.17) is 0 Å². The number of benzene rings is 2. The second kappa shape index (κ2) is 11.0. The molecule has 1 aromatic heterocycles. The summed E-state index contributed by atoms with van der Waals surface area (Å²) in [6, 6.07) is 13.2. The maximum absolute atomic E-state index is 12.8. The summed E-state index contributed by atoms with van der Waals surface area (Å²) in [5, 5.41) is 14.0. The Kier molecular flexibility index (Phi) is 7.56. The molecule has 2 heterocycles. The summed E-state index contributed by atoms with van der Waals surface area (Å²) in [7, 11) is 0. The molecule has 4 rings (SSSR count). The zero-order chi connectivity index (χ0) is 24.8. The Morgan fingerprint density at radius 2 is 1.74 bits per heavy atom. The van der Waals surface area contributed by atoms with E-state index < -0.39 is 10.8 Å². The number of piperazine rings is 1. The first-order valence-corrected chi connectivity index (χ1v) is 12.2. The number of carbonyl (C=O) groups excluding carboxylic acids is 2. The van der Waals surface area contributed by atoms with Gasteiger partial charge < -0.3 is 15.1 Å². The van der Waals surface area contributed by atoms with Crippen LogP contribution in [0.1, 0.15) is 15.9 Å². The molecule has 0 radical (unpaired) electrons. The van der Waals surface area contributed by atoms with Crippen molar-refractivity contribution in [3.05, 3.63) is 82.2 Å². The van der Waals surface area contributed by atoms with Crippen molar-refractivity contribution in [3.8, 4) is 0 Å². The van der Waals surface area contributed by atoms with E-state index in [1.165, 1.54) is 23.9 Å². The SMILES string of the molecule is CSc1ccc([N+](=O)[O-])c(C(=O)Nc2ccc(CC(=O)N3CCN(c4ncccn4)CC3)cc2)c1. The molecule has 0 bridgehead atoms. The van der Waals surface area contributed by atoms with Gasteiger partial charge in [-0.3, -0.25) is 19.7 Å². The summed E-state index contributed by atoms with van der Waals surface area (Å²) in [6.07, 6.45) is 5.49. The van der Waals surface area contributed by atoms with Crippen molar-refractivity contribution in [2.75, 3.05) is 42.7 Å².